The Morgan fingerprint density at radius 3 is 2.78 bits per heavy atom. The zero-order valence-electron chi connectivity index (χ0n) is 13.2. The maximum absolute atomic E-state index is 13.0. The fourth-order valence-electron chi connectivity index (χ4n) is 3.48. The fraction of sp³-hybridized carbons (Fsp3) is 0.471. The van der Waals surface area contributed by atoms with Crippen LogP contribution in [0, 0.1) is 12.8 Å². The molecule has 1 aliphatic heterocycles. The number of carbonyl (C=O) groups is 1. The predicted molar refractivity (Wildman–Crippen MR) is 91.0 cm³/mol. The molecule has 1 saturated carbocycles. The summed E-state index contributed by atoms with van der Waals surface area (Å²) in [7, 11) is 0. The highest BCUT2D eigenvalue weighted by molar-refractivity contribution is 7.99. The predicted octanol–water partition coefficient (Wildman–Crippen LogP) is 3.01. The molecule has 0 radical (unpaired) electrons. The van der Waals surface area contributed by atoms with Gasteiger partial charge in [0.1, 0.15) is 0 Å². The number of thioether (sulfide) groups is 1. The van der Waals surface area contributed by atoms with Crippen molar-refractivity contribution in [1.29, 1.82) is 0 Å². The van der Waals surface area contributed by atoms with E-state index in [-0.39, 0.29) is 11.8 Å². The molecule has 6 heteroatoms. The average molecular weight is 328 g/mol. The first-order chi connectivity index (χ1) is 11.3. The molecule has 1 fully saturated rings. The van der Waals surface area contributed by atoms with E-state index in [2.05, 4.69) is 23.2 Å². The number of amides is 1. The van der Waals surface area contributed by atoms with Crippen LogP contribution >= 0.6 is 11.8 Å². The molecule has 2 aliphatic rings. The van der Waals surface area contributed by atoms with Crippen molar-refractivity contribution in [3.63, 3.8) is 0 Å². The molecule has 120 valence electrons. The van der Waals surface area contributed by atoms with Gasteiger partial charge < -0.3 is 0 Å². The number of aromatic nitrogens is 3. The zero-order valence-corrected chi connectivity index (χ0v) is 14.1. The highest BCUT2D eigenvalue weighted by Gasteiger charge is 2.33. The van der Waals surface area contributed by atoms with E-state index < -0.39 is 0 Å². The molecule has 0 atom stereocenters. The molecule has 1 amide bonds. The summed E-state index contributed by atoms with van der Waals surface area (Å²) >= 11 is 1.67. The Morgan fingerprint density at radius 1 is 1.22 bits per heavy atom. The Bertz CT molecular complexity index is 736. The van der Waals surface area contributed by atoms with E-state index in [9.17, 15) is 4.79 Å². The van der Waals surface area contributed by atoms with Gasteiger partial charge in [0.15, 0.2) is 5.82 Å². The average Bonchev–Trinajstić information content (AvgIpc) is 3.24. The van der Waals surface area contributed by atoms with Crippen molar-refractivity contribution in [2.24, 2.45) is 5.92 Å². The van der Waals surface area contributed by atoms with Gasteiger partial charge >= 0.3 is 0 Å². The topological polar surface area (TPSA) is 51.0 Å². The molecule has 0 bridgehead atoms. The molecule has 0 N–H and O–H groups in total. The van der Waals surface area contributed by atoms with Crippen LogP contribution in [0.4, 0.5) is 0 Å². The number of hydrogen-bond acceptors (Lipinski definition) is 4. The zero-order chi connectivity index (χ0) is 15.8. The van der Waals surface area contributed by atoms with E-state index in [0.29, 0.717) is 0 Å². The number of nitrogens with zero attached hydrogens (tertiary/aromatic N) is 4. The molecule has 5 nitrogen and oxygen atoms in total. The molecule has 0 saturated heterocycles. The van der Waals surface area contributed by atoms with Crippen LogP contribution in [0.1, 0.15) is 31.2 Å². The van der Waals surface area contributed by atoms with E-state index in [1.807, 2.05) is 27.9 Å². The highest BCUT2D eigenvalue weighted by Crippen LogP contribution is 2.32. The van der Waals surface area contributed by atoms with E-state index >= 15 is 0 Å². The van der Waals surface area contributed by atoms with Crippen molar-refractivity contribution >= 4 is 17.7 Å². The number of benzene rings is 1. The fourth-order valence-corrected chi connectivity index (χ4v) is 4.33. The third-order valence-electron chi connectivity index (χ3n) is 4.73. The molecule has 0 unspecified atom stereocenters. The number of aryl methyl sites for hydroxylation is 1. The summed E-state index contributed by atoms with van der Waals surface area (Å²) in [6.07, 6.45) is 4.36. The lowest BCUT2D eigenvalue weighted by atomic mass is 10.1. The number of hydrogen-bond donors (Lipinski definition) is 0. The maximum Gasteiger partial charge on any atom is 0.244 e. The number of rotatable bonds is 2. The molecule has 2 aromatic rings. The maximum atomic E-state index is 13.0. The minimum absolute atomic E-state index is 0.165. The van der Waals surface area contributed by atoms with Gasteiger partial charge in [-0.15, -0.1) is 10.2 Å². The van der Waals surface area contributed by atoms with Crippen molar-refractivity contribution in [2.45, 2.75) is 37.8 Å². The molecular weight excluding hydrogens is 308 g/mol. The van der Waals surface area contributed by atoms with Crippen molar-refractivity contribution in [3.05, 3.63) is 29.8 Å². The first-order valence-electron chi connectivity index (χ1n) is 8.21. The van der Waals surface area contributed by atoms with Crippen LogP contribution in [0.2, 0.25) is 0 Å². The molecule has 0 spiro atoms. The van der Waals surface area contributed by atoms with Crippen LogP contribution < -0.4 is 5.01 Å². The SMILES string of the molecule is Cc1ccccc1-c1nnc2n1N(C(=O)C1CCCC1)CCS2. The third-order valence-corrected chi connectivity index (χ3v) is 5.63. The Morgan fingerprint density at radius 2 is 2.00 bits per heavy atom. The highest BCUT2D eigenvalue weighted by atomic mass is 32.2. The van der Waals surface area contributed by atoms with Gasteiger partial charge in [0, 0.05) is 17.2 Å². The number of carbonyl (C=O) groups excluding carboxylic acids is 1. The summed E-state index contributed by atoms with van der Waals surface area (Å²) in [6.45, 7) is 2.79. The van der Waals surface area contributed by atoms with Crippen LogP contribution in [0.25, 0.3) is 11.4 Å². The second-order valence-corrected chi connectivity index (χ2v) is 7.29. The Hall–Kier alpha value is -1.82. The monoisotopic (exact) mass is 328 g/mol. The molecule has 1 aromatic carbocycles. The smallest absolute Gasteiger partial charge is 0.244 e. The van der Waals surface area contributed by atoms with Gasteiger partial charge in [0.25, 0.3) is 0 Å². The van der Waals surface area contributed by atoms with Crippen LogP contribution in [0.5, 0.6) is 0 Å². The lowest BCUT2D eigenvalue weighted by Crippen LogP contribution is -2.47. The second-order valence-electron chi connectivity index (χ2n) is 6.22. The minimum Gasteiger partial charge on any atom is -0.273 e. The van der Waals surface area contributed by atoms with Crippen LogP contribution in [0.15, 0.2) is 29.4 Å². The van der Waals surface area contributed by atoms with Gasteiger partial charge in [0.2, 0.25) is 11.1 Å². The molecule has 23 heavy (non-hydrogen) atoms. The van der Waals surface area contributed by atoms with Crippen molar-refractivity contribution in [2.75, 3.05) is 17.3 Å². The van der Waals surface area contributed by atoms with Crippen molar-refractivity contribution < 1.29 is 4.79 Å². The largest absolute Gasteiger partial charge is 0.273 e. The Labute approximate surface area is 140 Å². The van der Waals surface area contributed by atoms with Gasteiger partial charge in [0.05, 0.1) is 6.54 Å². The van der Waals surface area contributed by atoms with Gasteiger partial charge in [-0.3, -0.25) is 4.79 Å². The molecule has 1 aliphatic carbocycles. The van der Waals surface area contributed by atoms with Crippen LogP contribution in [-0.4, -0.2) is 33.1 Å². The minimum atomic E-state index is 0.165. The van der Waals surface area contributed by atoms with Crippen molar-refractivity contribution in [3.8, 4) is 11.4 Å². The van der Waals surface area contributed by atoms with Gasteiger partial charge in [-0.05, 0) is 25.3 Å². The molecule has 2 heterocycles. The summed E-state index contributed by atoms with van der Waals surface area (Å²) in [5.41, 5.74) is 2.18. The van der Waals surface area contributed by atoms with Crippen molar-refractivity contribution in [1.82, 2.24) is 14.9 Å². The Balaban J connectivity index is 1.76. The van der Waals surface area contributed by atoms with Gasteiger partial charge in [-0.2, -0.15) is 0 Å². The van der Waals surface area contributed by atoms with Gasteiger partial charge in [-0.25, -0.2) is 9.69 Å². The van der Waals surface area contributed by atoms with E-state index in [0.717, 1.165) is 47.2 Å². The lowest BCUT2D eigenvalue weighted by Gasteiger charge is -2.31. The van der Waals surface area contributed by atoms with E-state index in [1.54, 1.807) is 11.8 Å². The first kappa shape index (κ1) is 14.8. The van der Waals surface area contributed by atoms with Crippen LogP contribution in [-0.2, 0) is 4.79 Å². The molecular formula is C17H20N4OS. The lowest BCUT2D eigenvalue weighted by molar-refractivity contribution is -0.123. The molecule has 4 rings (SSSR count). The summed E-state index contributed by atoms with van der Waals surface area (Å²) in [6, 6.07) is 8.13. The summed E-state index contributed by atoms with van der Waals surface area (Å²) < 4.78 is 1.94. The van der Waals surface area contributed by atoms with Crippen LogP contribution in [0.3, 0.4) is 0 Å². The third kappa shape index (κ3) is 2.55. The molecule has 1 aromatic heterocycles. The first-order valence-corrected chi connectivity index (χ1v) is 9.20. The normalized spacial score (nSPS) is 18.2. The quantitative estimate of drug-likeness (QED) is 0.850. The summed E-state index contributed by atoms with van der Waals surface area (Å²) in [5.74, 6) is 2.05. The van der Waals surface area contributed by atoms with Gasteiger partial charge in [-0.1, -0.05) is 48.9 Å². The summed E-state index contributed by atoms with van der Waals surface area (Å²) in [4.78, 5) is 13.0. The Kier molecular flexibility index (Phi) is 3.85. The standard InChI is InChI=1S/C17H20N4OS/c1-12-6-2-5-9-14(12)15-18-19-17-21(15)20(10-11-23-17)16(22)13-7-3-4-8-13/h2,5-6,9,13H,3-4,7-8,10-11H2,1H3. The van der Waals surface area contributed by atoms with E-state index in [1.165, 1.54) is 12.8 Å². The second kappa shape index (κ2) is 6.00. The summed E-state index contributed by atoms with van der Waals surface area (Å²) in [5, 5.41) is 11.4. The van der Waals surface area contributed by atoms with E-state index in [4.69, 9.17) is 0 Å². The number of fused-ring (bicyclic) bond motifs is 1.